The van der Waals surface area contributed by atoms with Crippen molar-refractivity contribution in [2.75, 3.05) is 0 Å². The fourth-order valence-corrected chi connectivity index (χ4v) is 2.15. The number of rotatable bonds is 5. The van der Waals surface area contributed by atoms with Gasteiger partial charge in [-0.1, -0.05) is 28.1 Å². The minimum atomic E-state index is -0.290. The summed E-state index contributed by atoms with van der Waals surface area (Å²) in [5, 5.41) is 7.22. The molecule has 20 heavy (non-hydrogen) atoms. The highest BCUT2D eigenvalue weighted by molar-refractivity contribution is 9.10. The Morgan fingerprint density at radius 2 is 1.90 bits per heavy atom. The molecule has 5 heteroatoms. The van der Waals surface area contributed by atoms with Crippen LogP contribution < -0.4 is 10.5 Å². The van der Waals surface area contributed by atoms with E-state index in [1.807, 2.05) is 12.1 Å². The minimum absolute atomic E-state index is 0.120. The molecule has 0 aliphatic rings. The van der Waals surface area contributed by atoms with E-state index in [0.717, 1.165) is 10.0 Å². The molecule has 104 valence electrons. The average molecular weight is 337 g/mol. The summed E-state index contributed by atoms with van der Waals surface area (Å²) in [5.74, 6) is 0.480. The first kappa shape index (κ1) is 14.5. The third kappa shape index (κ3) is 4.06. The van der Waals surface area contributed by atoms with Crippen molar-refractivity contribution < 1.29 is 9.13 Å². The fourth-order valence-electron chi connectivity index (χ4n) is 1.74. The molecule has 0 saturated carbocycles. The molecule has 3 N–H and O–H groups in total. The van der Waals surface area contributed by atoms with Crippen LogP contribution in [0.1, 0.15) is 11.1 Å². The van der Waals surface area contributed by atoms with Crippen LogP contribution in [0, 0.1) is 11.2 Å². The van der Waals surface area contributed by atoms with E-state index in [9.17, 15) is 4.39 Å². The van der Waals surface area contributed by atoms with Gasteiger partial charge >= 0.3 is 0 Å². The van der Waals surface area contributed by atoms with Gasteiger partial charge in [0.05, 0.1) is 5.84 Å². The van der Waals surface area contributed by atoms with Crippen molar-refractivity contribution in [3.05, 3.63) is 63.9 Å². The van der Waals surface area contributed by atoms with Gasteiger partial charge < -0.3 is 10.5 Å². The minimum Gasteiger partial charge on any atom is -0.489 e. The molecule has 0 heterocycles. The summed E-state index contributed by atoms with van der Waals surface area (Å²) in [7, 11) is 0. The molecule has 0 amide bonds. The lowest BCUT2D eigenvalue weighted by Gasteiger charge is -2.08. The Hall–Kier alpha value is -1.88. The number of nitrogens with one attached hydrogen (secondary N) is 1. The quantitative estimate of drug-likeness (QED) is 0.646. The number of hydrogen-bond donors (Lipinski definition) is 2. The molecule has 0 aliphatic carbocycles. The van der Waals surface area contributed by atoms with Gasteiger partial charge in [-0.3, -0.25) is 5.41 Å². The zero-order valence-electron chi connectivity index (χ0n) is 10.7. The summed E-state index contributed by atoms with van der Waals surface area (Å²) in [5.41, 5.74) is 6.77. The van der Waals surface area contributed by atoms with Crippen LogP contribution in [0.3, 0.4) is 0 Å². The summed E-state index contributed by atoms with van der Waals surface area (Å²) in [4.78, 5) is 0. The zero-order valence-corrected chi connectivity index (χ0v) is 12.3. The zero-order chi connectivity index (χ0) is 14.5. The highest BCUT2D eigenvalue weighted by atomic mass is 79.9. The van der Waals surface area contributed by atoms with Crippen LogP contribution in [0.15, 0.2) is 46.9 Å². The predicted molar refractivity (Wildman–Crippen MR) is 80.5 cm³/mol. The number of hydrogen-bond acceptors (Lipinski definition) is 2. The molecule has 0 aliphatic heterocycles. The topological polar surface area (TPSA) is 59.1 Å². The summed E-state index contributed by atoms with van der Waals surface area (Å²) >= 11 is 3.30. The molecular weight excluding hydrogens is 323 g/mol. The van der Waals surface area contributed by atoms with E-state index in [4.69, 9.17) is 15.9 Å². The lowest BCUT2D eigenvalue weighted by molar-refractivity contribution is 0.299. The second kappa shape index (κ2) is 6.52. The van der Waals surface area contributed by atoms with Crippen LogP contribution in [-0.2, 0) is 13.0 Å². The van der Waals surface area contributed by atoms with Gasteiger partial charge in [0.1, 0.15) is 18.2 Å². The SMILES string of the molecule is N=C(N)Cc1ccc(OCc2cc(Br)ccc2F)cc1. The van der Waals surface area contributed by atoms with E-state index in [1.165, 1.54) is 6.07 Å². The molecule has 2 aromatic carbocycles. The normalized spacial score (nSPS) is 10.3. The second-order valence-electron chi connectivity index (χ2n) is 4.37. The molecule has 0 saturated heterocycles. The molecule has 2 rings (SSSR count). The molecule has 2 aromatic rings. The number of ether oxygens (including phenoxy) is 1. The van der Waals surface area contributed by atoms with Crippen molar-refractivity contribution >= 4 is 21.8 Å². The van der Waals surface area contributed by atoms with Crippen LogP contribution in [0.4, 0.5) is 4.39 Å². The Labute approximate surface area is 125 Å². The predicted octanol–water partition coefficient (Wildman–Crippen LogP) is 3.65. The Morgan fingerprint density at radius 3 is 2.55 bits per heavy atom. The van der Waals surface area contributed by atoms with E-state index < -0.39 is 0 Å². The Kier molecular flexibility index (Phi) is 4.74. The van der Waals surface area contributed by atoms with Crippen molar-refractivity contribution in [3.63, 3.8) is 0 Å². The first-order chi connectivity index (χ1) is 9.54. The van der Waals surface area contributed by atoms with Gasteiger partial charge in [-0.05, 0) is 35.9 Å². The monoisotopic (exact) mass is 336 g/mol. The molecule has 0 radical (unpaired) electrons. The molecule has 0 fully saturated rings. The van der Waals surface area contributed by atoms with Gasteiger partial charge in [-0.25, -0.2) is 4.39 Å². The first-order valence-electron chi connectivity index (χ1n) is 6.03. The summed E-state index contributed by atoms with van der Waals surface area (Å²) < 4.78 is 19.9. The molecule has 0 unspecified atom stereocenters. The smallest absolute Gasteiger partial charge is 0.129 e. The average Bonchev–Trinajstić information content (AvgIpc) is 2.41. The Balaban J connectivity index is 2.00. The van der Waals surface area contributed by atoms with Crippen LogP contribution in [0.25, 0.3) is 0 Å². The third-order valence-electron chi connectivity index (χ3n) is 2.72. The summed E-state index contributed by atoms with van der Waals surface area (Å²) in [6.07, 6.45) is 0.417. The van der Waals surface area contributed by atoms with Gasteiger partial charge in [-0.15, -0.1) is 0 Å². The third-order valence-corrected chi connectivity index (χ3v) is 3.21. The number of halogens is 2. The van der Waals surface area contributed by atoms with Crippen molar-refractivity contribution in [1.82, 2.24) is 0 Å². The molecule has 0 bridgehead atoms. The van der Waals surface area contributed by atoms with Crippen LogP contribution in [0.5, 0.6) is 5.75 Å². The fraction of sp³-hybridized carbons (Fsp3) is 0.133. The summed E-state index contributed by atoms with van der Waals surface area (Å²) in [6, 6.07) is 12.0. The standard InChI is InChI=1S/C15H14BrFN2O/c16-12-3-6-14(17)11(8-12)9-20-13-4-1-10(2-5-13)7-15(18)19/h1-6,8H,7,9H2,(H3,18,19). The van der Waals surface area contributed by atoms with Gasteiger partial charge in [0.2, 0.25) is 0 Å². The number of amidine groups is 1. The van der Waals surface area contributed by atoms with Gasteiger partial charge in [0, 0.05) is 16.5 Å². The first-order valence-corrected chi connectivity index (χ1v) is 6.82. The maximum Gasteiger partial charge on any atom is 0.129 e. The van der Waals surface area contributed by atoms with Crippen molar-refractivity contribution in [3.8, 4) is 5.75 Å². The van der Waals surface area contributed by atoms with E-state index in [0.29, 0.717) is 17.7 Å². The largest absolute Gasteiger partial charge is 0.489 e. The maximum absolute atomic E-state index is 13.5. The van der Waals surface area contributed by atoms with Gasteiger partial charge in [0.25, 0.3) is 0 Å². The molecule has 0 spiro atoms. The second-order valence-corrected chi connectivity index (χ2v) is 5.29. The maximum atomic E-state index is 13.5. The molecular formula is C15H14BrFN2O. The van der Waals surface area contributed by atoms with Crippen LogP contribution in [-0.4, -0.2) is 5.84 Å². The highest BCUT2D eigenvalue weighted by Crippen LogP contribution is 2.19. The number of benzene rings is 2. The van der Waals surface area contributed by atoms with Crippen LogP contribution in [0.2, 0.25) is 0 Å². The van der Waals surface area contributed by atoms with Crippen molar-refractivity contribution in [2.24, 2.45) is 5.73 Å². The van der Waals surface area contributed by atoms with Crippen molar-refractivity contribution in [2.45, 2.75) is 13.0 Å². The van der Waals surface area contributed by atoms with E-state index >= 15 is 0 Å². The van der Waals surface area contributed by atoms with Crippen molar-refractivity contribution in [1.29, 1.82) is 5.41 Å². The van der Waals surface area contributed by atoms with E-state index in [-0.39, 0.29) is 18.3 Å². The van der Waals surface area contributed by atoms with Gasteiger partial charge in [0.15, 0.2) is 0 Å². The lowest BCUT2D eigenvalue weighted by Crippen LogP contribution is -2.12. The van der Waals surface area contributed by atoms with Gasteiger partial charge in [-0.2, -0.15) is 0 Å². The highest BCUT2D eigenvalue weighted by Gasteiger charge is 2.04. The number of nitrogens with two attached hydrogens (primary N) is 1. The molecule has 0 aromatic heterocycles. The summed E-state index contributed by atoms with van der Waals surface area (Å²) in [6.45, 7) is 0.164. The molecule has 3 nitrogen and oxygen atoms in total. The van der Waals surface area contributed by atoms with Crippen LogP contribution >= 0.6 is 15.9 Å². The Morgan fingerprint density at radius 1 is 1.20 bits per heavy atom. The van der Waals surface area contributed by atoms with E-state index in [1.54, 1.807) is 24.3 Å². The van der Waals surface area contributed by atoms with E-state index in [2.05, 4.69) is 15.9 Å². The molecule has 0 atom stereocenters. The Bertz CT molecular complexity index is 614. The lowest BCUT2D eigenvalue weighted by atomic mass is 10.1.